The number of benzene rings is 5. The van der Waals surface area contributed by atoms with Gasteiger partial charge in [-0.25, -0.2) is 24.0 Å². The molecule has 762 valence electrons. The van der Waals surface area contributed by atoms with Gasteiger partial charge in [0.05, 0.1) is 67.5 Å². The molecule has 1 saturated carbocycles. The summed E-state index contributed by atoms with van der Waals surface area (Å²) in [6, 6.07) is 4.92. The van der Waals surface area contributed by atoms with E-state index in [0.717, 1.165) is 75.3 Å². The van der Waals surface area contributed by atoms with Gasteiger partial charge in [-0.1, -0.05) is 159 Å². The normalized spacial score (nSPS) is 27.3. The molecule has 1 aliphatic carbocycles. The summed E-state index contributed by atoms with van der Waals surface area (Å²) in [5.41, 5.74) is 0.304. The van der Waals surface area contributed by atoms with E-state index in [-0.39, 0.29) is 209 Å². The van der Waals surface area contributed by atoms with E-state index >= 15 is 0 Å². The van der Waals surface area contributed by atoms with Crippen LogP contribution in [0.25, 0.3) is 0 Å². The lowest BCUT2D eigenvalue weighted by molar-refractivity contribution is -0.137. The van der Waals surface area contributed by atoms with Crippen LogP contribution in [0.15, 0.2) is 162 Å². The quantitative estimate of drug-likeness (QED) is 0.0181. The maximum Gasteiger partial charge on any atom is 0.342 e. The first-order valence-corrected chi connectivity index (χ1v) is 48.6. The molecule has 0 bridgehead atoms. The highest BCUT2D eigenvalue weighted by atomic mass is 35.5. The van der Waals surface area contributed by atoms with Crippen molar-refractivity contribution in [1.29, 1.82) is 0 Å². The zero-order chi connectivity index (χ0) is 103. The number of amides is 2. The number of oxime groups is 2. The Morgan fingerprint density at radius 1 is 0.378 bits per heavy atom. The van der Waals surface area contributed by atoms with Crippen LogP contribution in [0.4, 0.5) is 0 Å². The van der Waals surface area contributed by atoms with E-state index in [9.17, 15) is 99.0 Å². The first-order valence-electron chi connectivity index (χ1n) is 46.7. The number of carbonyl (C=O) groups is 10. The lowest BCUT2D eigenvalue weighted by Gasteiger charge is -2.26. The lowest BCUT2D eigenvalue weighted by Crippen LogP contribution is -2.37. The average Bonchev–Trinajstić information content (AvgIpc) is 1.60. The van der Waals surface area contributed by atoms with Crippen molar-refractivity contribution in [2.24, 2.45) is 22.1 Å². The Bertz CT molecular complexity index is 5910. The van der Waals surface area contributed by atoms with Gasteiger partial charge in [-0.15, -0.1) is 0 Å². The number of likely N-dealkylation sites (tertiary alicyclic amines) is 2. The number of allylic oxidation sites excluding steroid dienone is 16. The minimum atomic E-state index is -0.802. The van der Waals surface area contributed by atoms with Crippen molar-refractivity contribution < 1.29 is 147 Å². The first kappa shape index (κ1) is 109. The number of epoxide rings is 3. The molecular formula is C104H111Cl5N4O30. The third kappa shape index (κ3) is 30.8. The highest BCUT2D eigenvalue weighted by molar-refractivity contribution is 6.36. The van der Waals surface area contributed by atoms with Gasteiger partial charge in [0.15, 0.2) is 24.0 Å². The van der Waals surface area contributed by atoms with Gasteiger partial charge in [0.1, 0.15) is 135 Å². The smallest absolute Gasteiger partial charge is 0.342 e. The van der Waals surface area contributed by atoms with Gasteiger partial charge in [0.25, 0.3) is 5.91 Å². The van der Waals surface area contributed by atoms with Gasteiger partial charge in [0, 0.05) is 131 Å². The van der Waals surface area contributed by atoms with Crippen LogP contribution in [0.3, 0.4) is 0 Å². The second kappa shape index (κ2) is 50.8. The number of ether oxygens (including phenoxy) is 8. The highest BCUT2D eigenvalue weighted by Gasteiger charge is 2.43. The number of fused-ring (bicyclic) bond motifs is 9. The predicted molar refractivity (Wildman–Crippen MR) is 526 cm³/mol. The molecule has 5 aromatic rings. The molecule has 13 unspecified atom stereocenters. The number of aromatic hydroxyl groups is 10. The molecule has 16 rings (SSSR count). The van der Waals surface area contributed by atoms with Crippen LogP contribution in [0, 0.1) is 11.8 Å². The summed E-state index contributed by atoms with van der Waals surface area (Å²) in [5, 5.41) is 108. The highest BCUT2D eigenvalue weighted by Crippen LogP contribution is 2.47. The van der Waals surface area contributed by atoms with Crippen LogP contribution < -0.4 is 0 Å². The zero-order valence-electron chi connectivity index (χ0n) is 78.7. The van der Waals surface area contributed by atoms with E-state index in [1.54, 1.807) is 93.0 Å². The van der Waals surface area contributed by atoms with Crippen LogP contribution in [0.1, 0.15) is 198 Å². The van der Waals surface area contributed by atoms with Crippen LogP contribution >= 0.6 is 58.0 Å². The maximum absolute atomic E-state index is 13.0. The van der Waals surface area contributed by atoms with E-state index in [2.05, 4.69) is 10.3 Å². The molecule has 0 spiro atoms. The molecule has 10 heterocycles. The number of esters is 5. The third-order valence-electron chi connectivity index (χ3n) is 24.3. The van der Waals surface area contributed by atoms with Gasteiger partial charge >= 0.3 is 29.8 Å². The Labute approximate surface area is 848 Å². The molecule has 5 saturated heterocycles. The second-order valence-electron chi connectivity index (χ2n) is 35.7. The number of nitrogens with zero attached hydrogens (tertiary/aromatic N) is 4. The molecule has 5 aromatic carbocycles. The number of cyclic esters (lactones) is 5. The number of hydrogen-bond acceptors (Lipinski definition) is 32. The molecule has 143 heavy (non-hydrogen) atoms. The number of halogens is 5. The molecule has 11 aliphatic rings. The summed E-state index contributed by atoms with van der Waals surface area (Å²) in [5.74, 6) is -8.24. The molecule has 13 atom stereocenters. The summed E-state index contributed by atoms with van der Waals surface area (Å²) < 4.78 is 43.8. The molecule has 10 aliphatic heterocycles. The molecule has 0 radical (unpaired) electrons. The molecule has 6 fully saturated rings. The number of carbonyl (C=O) groups excluding carboxylic acids is 10. The second-order valence-corrected chi connectivity index (χ2v) is 37.5. The van der Waals surface area contributed by atoms with Crippen molar-refractivity contribution in [2.75, 3.05) is 39.4 Å². The zero-order valence-corrected chi connectivity index (χ0v) is 82.5. The van der Waals surface area contributed by atoms with E-state index in [0.29, 0.717) is 88.0 Å². The number of hydrogen-bond donors (Lipinski definition) is 10. The first-order chi connectivity index (χ1) is 68.3. The van der Waals surface area contributed by atoms with Crippen molar-refractivity contribution in [3.63, 3.8) is 0 Å². The Balaban J connectivity index is 0.000000161. The van der Waals surface area contributed by atoms with E-state index < -0.39 is 100 Å². The standard InChI is InChI=1S/C25H29ClN2O7.C24H27ClN2O7.C19H19ClO5.C18H17ClO6.C18H19ClO5/c1-15-11-21-20(35-21)8-4-3-7-16(27-33-14-22(31)28-9-5-2-6-10-28)12-17-23(25(32)34-15)18(29)13-19(30)24(17)26;1-14-11-20-19(34-20)6-3-2-5-15(26-32-10-9-27-8-4-7-21(27)30)12-16-22(24(31)33-14)17(28)13-18(29)23(16)25;1-10-6-12-7-11(12)4-2-3-5-13(21)8-14-17(19(24)25-10)15(22)9-16(23)18(14)20;1-9-6-15-14(25-15)5-3-2-4-10(20)7-11-16(18(23)24-9)12(21)8-13(22)17(11)19;1-11-7-5-3-2-4-6-8-12(20)9-13-16(18(23)24-11)14(21)10-15(22)17(13)19/h3-4,7-8,13,15,20-21,29-30H,2,5-6,9-12,14H2,1H3;2-3,5-6,13-14,19-20,28-29H,4,7-12H2,1H3;2-5,9-12,22-23H,6-8H2,1H3;2-5,8-9,14-15,21-22H,6-7H2,1H3;3,5-6,8,10-11,21-22H,2,4,7,9H2,1H3/b7-3+,8-4-,27-16?;5-2+,6-3-,26-15?;4-2-,5-3+;4-2+,5-3-;5-3+,8-6+. The summed E-state index contributed by atoms with van der Waals surface area (Å²) in [6.07, 6.45) is 41.1. The van der Waals surface area contributed by atoms with E-state index in [1.165, 1.54) is 18.2 Å². The number of piperidine rings is 1. The number of phenols is 10. The maximum atomic E-state index is 13.0. The van der Waals surface area contributed by atoms with Crippen LogP contribution in [-0.4, -0.2) is 238 Å². The van der Waals surface area contributed by atoms with Gasteiger partial charge in [-0.2, -0.15) is 0 Å². The molecule has 10 N–H and O–H groups in total. The molecule has 39 heteroatoms. The molecule has 34 nitrogen and oxygen atoms in total. The SMILES string of the molecule is CC1C/C=C/CC/C=C/C(=O)Cc2c(Cl)c(O)cc(O)c2C(=O)O1.CC1CC2CC2/C=C\C=C\C(=O)Cc2c(Cl)c(O)cc(O)c2C(=O)O1.CC1CC2OC2/C=C\C=C\C(=NOCC(=O)N2CCCCC2)Cc2c(Cl)c(O)cc(O)c2C(=O)O1.CC1CC2OC2/C=C\C=C\C(=NOCCN2CCCC2=O)Cc2c(Cl)c(O)cc(O)c2C(=O)O1.CC1CC2OC2/C=C\C=C\C(=O)Cc2c(Cl)c(O)cc(O)c2C(=O)O1. The van der Waals surface area contributed by atoms with E-state index in [1.807, 2.05) is 54.7 Å². The summed E-state index contributed by atoms with van der Waals surface area (Å²) in [6.45, 7) is 11.2. The van der Waals surface area contributed by atoms with Crippen LogP contribution in [-0.2, 0) is 104 Å². The lowest BCUT2D eigenvalue weighted by atomic mass is 9.99. The monoisotopic (exact) mass is 2070 g/mol. The van der Waals surface area contributed by atoms with Crippen molar-refractivity contribution in [1.82, 2.24) is 9.80 Å². The van der Waals surface area contributed by atoms with Gasteiger partial charge in [0.2, 0.25) is 5.91 Å². The minimum absolute atomic E-state index is 0.0187. The fourth-order valence-corrected chi connectivity index (χ4v) is 17.8. The largest absolute Gasteiger partial charge is 0.507 e. The van der Waals surface area contributed by atoms with Crippen molar-refractivity contribution in [3.05, 3.63) is 233 Å². The minimum Gasteiger partial charge on any atom is -0.507 e. The predicted octanol–water partition coefficient (Wildman–Crippen LogP) is 16.6. The Morgan fingerprint density at radius 2 is 0.727 bits per heavy atom. The Hall–Kier alpha value is -12.9. The fourth-order valence-electron chi connectivity index (χ4n) is 16.7. The number of phenolic OH excluding ortho intramolecular Hbond substituents is 10. The van der Waals surface area contributed by atoms with Crippen molar-refractivity contribution >= 4 is 128 Å². The fraction of sp³-hybridized carbons (Fsp3) is 0.404. The van der Waals surface area contributed by atoms with Gasteiger partial charge < -0.3 is 108 Å². The number of rotatable bonds is 7. The average molecular weight is 2070 g/mol. The Kier molecular flexibility index (Phi) is 38.7. The summed E-state index contributed by atoms with van der Waals surface area (Å²) in [4.78, 5) is 138. The van der Waals surface area contributed by atoms with Crippen LogP contribution in [0.5, 0.6) is 57.5 Å². The topological polar surface area (TPSA) is 506 Å². The summed E-state index contributed by atoms with van der Waals surface area (Å²) in [7, 11) is 0. The van der Waals surface area contributed by atoms with Crippen LogP contribution in [0.2, 0.25) is 25.1 Å². The summed E-state index contributed by atoms with van der Waals surface area (Å²) >= 11 is 30.8. The van der Waals surface area contributed by atoms with Crippen molar-refractivity contribution in [3.8, 4) is 57.5 Å². The molecule has 0 aromatic heterocycles. The molecular weight excluding hydrogens is 1960 g/mol. The van der Waals surface area contributed by atoms with Crippen molar-refractivity contribution in [2.45, 2.75) is 217 Å². The van der Waals surface area contributed by atoms with Gasteiger partial charge in [-0.3, -0.25) is 24.0 Å². The van der Waals surface area contributed by atoms with E-state index in [4.69, 9.17) is 106 Å². The number of ketones is 3. The Morgan fingerprint density at radius 3 is 1.12 bits per heavy atom. The third-order valence-corrected chi connectivity index (χ3v) is 26.4. The van der Waals surface area contributed by atoms with Gasteiger partial charge in [-0.05, 0) is 139 Å². The molecule has 2 amide bonds.